The van der Waals surface area contributed by atoms with E-state index in [0.717, 1.165) is 19.6 Å². The van der Waals surface area contributed by atoms with Crippen LogP contribution in [0.1, 0.15) is 19.8 Å². The highest BCUT2D eigenvalue weighted by atomic mass is 79.9. The highest BCUT2D eigenvalue weighted by Gasteiger charge is 2.35. The summed E-state index contributed by atoms with van der Waals surface area (Å²) in [6, 6.07) is 1.22. The summed E-state index contributed by atoms with van der Waals surface area (Å²) >= 11 is 3.41. The van der Waals surface area contributed by atoms with Gasteiger partial charge in [-0.1, -0.05) is 15.9 Å². The molecular formula is C12H21BrN2O2. The summed E-state index contributed by atoms with van der Waals surface area (Å²) in [6.07, 6.45) is 2.62. The molecule has 0 aromatic rings. The van der Waals surface area contributed by atoms with Crippen LogP contribution in [0.4, 0.5) is 0 Å². The molecule has 5 heteroatoms. The van der Waals surface area contributed by atoms with E-state index in [1.54, 1.807) is 0 Å². The monoisotopic (exact) mass is 304 g/mol. The molecule has 2 saturated heterocycles. The van der Waals surface area contributed by atoms with Crippen molar-refractivity contribution >= 4 is 21.9 Å². The van der Waals surface area contributed by atoms with Crippen molar-refractivity contribution in [3.8, 4) is 0 Å². The Kier molecular flexibility index (Phi) is 4.44. The van der Waals surface area contributed by atoms with Gasteiger partial charge in [-0.3, -0.25) is 14.6 Å². The van der Waals surface area contributed by atoms with Crippen LogP contribution in [0.3, 0.4) is 0 Å². The standard InChI is InChI=1S/C12H21BrN2O2/c1-9-6-14-5-3-4-10(14)7-15(9)8-11(13)12(16)17-2/h9-11H,3-8H2,1-2H3. The average molecular weight is 305 g/mol. The molecule has 3 atom stereocenters. The molecule has 3 unspecified atom stereocenters. The molecule has 0 radical (unpaired) electrons. The van der Waals surface area contributed by atoms with Crippen LogP contribution < -0.4 is 0 Å². The first-order valence-electron chi connectivity index (χ1n) is 6.32. The lowest BCUT2D eigenvalue weighted by atomic mass is 10.1. The van der Waals surface area contributed by atoms with E-state index in [1.165, 1.54) is 26.5 Å². The van der Waals surface area contributed by atoms with Gasteiger partial charge in [0.05, 0.1) is 7.11 Å². The van der Waals surface area contributed by atoms with Crippen LogP contribution >= 0.6 is 15.9 Å². The van der Waals surface area contributed by atoms with Gasteiger partial charge in [0.25, 0.3) is 0 Å². The maximum atomic E-state index is 11.4. The predicted molar refractivity (Wildman–Crippen MR) is 70.4 cm³/mol. The number of hydrogen-bond donors (Lipinski definition) is 0. The molecule has 2 rings (SSSR count). The van der Waals surface area contributed by atoms with Crippen LogP contribution in [0, 0.1) is 0 Å². The minimum absolute atomic E-state index is 0.175. The number of methoxy groups -OCH3 is 1. The fraction of sp³-hybridized carbons (Fsp3) is 0.917. The molecule has 17 heavy (non-hydrogen) atoms. The Morgan fingerprint density at radius 3 is 3.00 bits per heavy atom. The van der Waals surface area contributed by atoms with Crippen molar-refractivity contribution in [2.45, 2.75) is 36.7 Å². The lowest BCUT2D eigenvalue weighted by Gasteiger charge is -2.42. The van der Waals surface area contributed by atoms with Crippen molar-refractivity contribution in [3.63, 3.8) is 0 Å². The summed E-state index contributed by atoms with van der Waals surface area (Å²) in [6.45, 7) is 6.45. The number of fused-ring (bicyclic) bond motifs is 1. The summed E-state index contributed by atoms with van der Waals surface area (Å²) < 4.78 is 4.75. The van der Waals surface area contributed by atoms with Crippen molar-refractivity contribution in [1.29, 1.82) is 0 Å². The summed E-state index contributed by atoms with van der Waals surface area (Å²) in [5.41, 5.74) is 0. The molecule has 0 spiro atoms. The number of carbonyl (C=O) groups is 1. The van der Waals surface area contributed by atoms with E-state index in [4.69, 9.17) is 4.74 Å². The second-order valence-electron chi connectivity index (χ2n) is 5.08. The van der Waals surface area contributed by atoms with E-state index in [-0.39, 0.29) is 10.8 Å². The Labute approximate surface area is 111 Å². The van der Waals surface area contributed by atoms with Gasteiger partial charge < -0.3 is 4.74 Å². The van der Waals surface area contributed by atoms with Gasteiger partial charge in [-0.25, -0.2) is 0 Å². The number of hydrogen-bond acceptors (Lipinski definition) is 4. The summed E-state index contributed by atoms with van der Waals surface area (Å²) in [7, 11) is 1.44. The Morgan fingerprint density at radius 2 is 2.29 bits per heavy atom. The van der Waals surface area contributed by atoms with Crippen LogP contribution in [0.25, 0.3) is 0 Å². The second kappa shape index (κ2) is 5.67. The van der Waals surface area contributed by atoms with Gasteiger partial charge in [-0.2, -0.15) is 0 Å². The predicted octanol–water partition coefficient (Wildman–Crippen LogP) is 1.09. The summed E-state index contributed by atoms with van der Waals surface area (Å²) in [5, 5.41) is 0. The smallest absolute Gasteiger partial charge is 0.320 e. The molecule has 2 aliphatic rings. The number of piperazine rings is 1. The van der Waals surface area contributed by atoms with Gasteiger partial charge in [0.15, 0.2) is 0 Å². The molecule has 98 valence electrons. The van der Waals surface area contributed by atoms with Crippen LogP contribution in [-0.4, -0.2) is 66.0 Å². The molecule has 2 aliphatic heterocycles. The minimum Gasteiger partial charge on any atom is -0.468 e. The largest absolute Gasteiger partial charge is 0.468 e. The SMILES string of the molecule is COC(=O)C(Br)CN1CC2CCCN2CC1C. The van der Waals surface area contributed by atoms with Gasteiger partial charge in [0.1, 0.15) is 4.83 Å². The van der Waals surface area contributed by atoms with Gasteiger partial charge in [-0.15, -0.1) is 0 Å². The Bertz CT molecular complexity index is 288. The molecule has 0 bridgehead atoms. The van der Waals surface area contributed by atoms with Gasteiger partial charge in [0.2, 0.25) is 0 Å². The number of nitrogens with zero attached hydrogens (tertiary/aromatic N) is 2. The number of carbonyl (C=O) groups excluding carboxylic acids is 1. The first-order chi connectivity index (χ1) is 8.11. The van der Waals surface area contributed by atoms with Crippen LogP contribution in [0.2, 0.25) is 0 Å². The van der Waals surface area contributed by atoms with Crippen molar-refractivity contribution in [2.75, 3.05) is 33.3 Å². The van der Waals surface area contributed by atoms with Gasteiger partial charge >= 0.3 is 5.97 Å². The molecule has 0 amide bonds. The van der Waals surface area contributed by atoms with Gasteiger partial charge in [0, 0.05) is 31.7 Å². The molecule has 2 heterocycles. The Hall–Kier alpha value is -0.130. The average Bonchev–Trinajstić information content (AvgIpc) is 2.75. The fourth-order valence-corrected chi connectivity index (χ4v) is 3.47. The molecule has 0 N–H and O–H groups in total. The highest BCUT2D eigenvalue weighted by molar-refractivity contribution is 9.10. The van der Waals surface area contributed by atoms with Crippen molar-refractivity contribution in [3.05, 3.63) is 0 Å². The zero-order chi connectivity index (χ0) is 12.4. The van der Waals surface area contributed by atoms with Crippen LogP contribution in [0.5, 0.6) is 0 Å². The third kappa shape index (κ3) is 3.01. The highest BCUT2D eigenvalue weighted by Crippen LogP contribution is 2.25. The second-order valence-corrected chi connectivity index (χ2v) is 6.19. The lowest BCUT2D eigenvalue weighted by Crippen LogP contribution is -2.56. The van der Waals surface area contributed by atoms with Gasteiger partial charge in [-0.05, 0) is 26.3 Å². The van der Waals surface area contributed by atoms with E-state index in [9.17, 15) is 4.79 Å². The topological polar surface area (TPSA) is 32.8 Å². The lowest BCUT2D eigenvalue weighted by molar-refractivity contribution is -0.140. The molecule has 4 nitrogen and oxygen atoms in total. The van der Waals surface area contributed by atoms with Crippen molar-refractivity contribution in [2.24, 2.45) is 0 Å². The fourth-order valence-electron chi connectivity index (χ4n) is 2.91. The maximum absolute atomic E-state index is 11.4. The minimum atomic E-state index is -0.206. The molecule has 0 aromatic carbocycles. The van der Waals surface area contributed by atoms with E-state index in [2.05, 4.69) is 32.7 Å². The first kappa shape index (κ1) is 13.3. The van der Waals surface area contributed by atoms with Crippen molar-refractivity contribution in [1.82, 2.24) is 9.80 Å². The zero-order valence-corrected chi connectivity index (χ0v) is 12.1. The third-order valence-electron chi connectivity index (χ3n) is 3.92. The van der Waals surface area contributed by atoms with E-state index in [1.807, 2.05) is 0 Å². The van der Waals surface area contributed by atoms with Crippen LogP contribution in [-0.2, 0) is 9.53 Å². The van der Waals surface area contributed by atoms with Crippen LogP contribution in [0.15, 0.2) is 0 Å². The molecule has 0 aromatic heterocycles. The molecule has 0 saturated carbocycles. The zero-order valence-electron chi connectivity index (χ0n) is 10.6. The van der Waals surface area contributed by atoms with Crippen molar-refractivity contribution < 1.29 is 9.53 Å². The molecule has 0 aliphatic carbocycles. The summed E-state index contributed by atoms with van der Waals surface area (Å²) in [5.74, 6) is -0.175. The number of alkyl halides is 1. The normalized spacial score (nSPS) is 32.2. The number of esters is 1. The van der Waals surface area contributed by atoms with E-state index >= 15 is 0 Å². The Balaban J connectivity index is 1.90. The summed E-state index contributed by atoms with van der Waals surface area (Å²) in [4.78, 5) is 16.2. The third-order valence-corrected chi connectivity index (χ3v) is 4.58. The van der Waals surface area contributed by atoms with E-state index in [0.29, 0.717) is 12.1 Å². The molecule has 2 fully saturated rings. The maximum Gasteiger partial charge on any atom is 0.320 e. The number of halogens is 1. The first-order valence-corrected chi connectivity index (χ1v) is 7.23. The number of rotatable bonds is 3. The van der Waals surface area contributed by atoms with E-state index < -0.39 is 0 Å². The Morgan fingerprint density at radius 1 is 1.53 bits per heavy atom. The quantitative estimate of drug-likeness (QED) is 0.577. The number of ether oxygens (including phenoxy) is 1. The molecular weight excluding hydrogens is 284 g/mol.